The molecule has 24 heavy (non-hydrogen) atoms. The quantitative estimate of drug-likeness (QED) is 0.843. The fourth-order valence-corrected chi connectivity index (χ4v) is 3.13. The van der Waals surface area contributed by atoms with Gasteiger partial charge in [0, 0.05) is 23.3 Å². The molecule has 1 N–H and O–H groups in total. The Morgan fingerprint density at radius 2 is 1.83 bits per heavy atom. The van der Waals surface area contributed by atoms with Gasteiger partial charge >= 0.3 is 5.97 Å². The van der Waals surface area contributed by atoms with Gasteiger partial charge in [0.2, 0.25) is 0 Å². The van der Waals surface area contributed by atoms with Crippen molar-refractivity contribution in [2.45, 2.75) is 46.1 Å². The Bertz CT molecular complexity index is 767. The van der Waals surface area contributed by atoms with Crippen molar-refractivity contribution in [3.63, 3.8) is 0 Å². The molecule has 0 saturated heterocycles. The summed E-state index contributed by atoms with van der Waals surface area (Å²) < 4.78 is 14.9. The molecular formula is C19H22FNO3. The van der Waals surface area contributed by atoms with Crippen molar-refractivity contribution in [1.29, 1.82) is 0 Å². The van der Waals surface area contributed by atoms with E-state index in [-0.39, 0.29) is 22.4 Å². The molecule has 0 saturated carbocycles. The number of hydrogen-bond acceptors (Lipinski definition) is 2. The zero-order chi connectivity index (χ0) is 18.1. The highest BCUT2D eigenvalue weighted by molar-refractivity contribution is 5.99. The monoisotopic (exact) mass is 331 g/mol. The van der Waals surface area contributed by atoms with Gasteiger partial charge in [-0.05, 0) is 31.0 Å². The van der Waals surface area contributed by atoms with E-state index < -0.39 is 5.97 Å². The number of carbonyl (C=O) groups is 2. The maximum Gasteiger partial charge on any atom is 0.338 e. The highest BCUT2D eigenvalue weighted by Crippen LogP contribution is 2.32. The van der Waals surface area contributed by atoms with Gasteiger partial charge in [-0.15, -0.1) is 0 Å². The van der Waals surface area contributed by atoms with Crippen molar-refractivity contribution in [2.75, 3.05) is 0 Å². The minimum atomic E-state index is -1.10. The minimum Gasteiger partial charge on any atom is -0.478 e. The molecule has 0 spiro atoms. The first-order valence-electron chi connectivity index (χ1n) is 7.83. The summed E-state index contributed by atoms with van der Waals surface area (Å²) in [7, 11) is 0. The van der Waals surface area contributed by atoms with Crippen LogP contribution in [0.1, 0.15) is 58.4 Å². The number of carboxylic acid groups (broad SMARTS) is 1. The Labute approximate surface area is 140 Å². The normalized spacial score (nSPS) is 11.5. The maximum atomic E-state index is 13.0. The number of aromatic carboxylic acids is 1. The SMILES string of the molecule is Cc1c(C(=O)O)c(C=O)c(C(C)(C)C)n1CCc1ccc(F)cc1. The molecule has 0 unspecified atom stereocenters. The molecule has 0 amide bonds. The average molecular weight is 331 g/mol. The molecule has 2 aromatic rings. The topological polar surface area (TPSA) is 59.3 Å². The third kappa shape index (κ3) is 3.40. The van der Waals surface area contributed by atoms with Crippen LogP contribution in [-0.4, -0.2) is 21.9 Å². The molecule has 4 nitrogen and oxygen atoms in total. The van der Waals surface area contributed by atoms with Crippen LogP contribution in [0, 0.1) is 12.7 Å². The number of nitrogens with zero attached hydrogens (tertiary/aromatic N) is 1. The molecule has 128 valence electrons. The Balaban J connectivity index is 2.49. The second-order valence-electron chi connectivity index (χ2n) is 6.92. The summed E-state index contributed by atoms with van der Waals surface area (Å²) in [5.41, 5.74) is 2.16. The Hall–Kier alpha value is -2.43. The predicted octanol–water partition coefficient (Wildman–Crippen LogP) is 3.99. The van der Waals surface area contributed by atoms with Crippen LogP contribution >= 0.6 is 0 Å². The van der Waals surface area contributed by atoms with Gasteiger partial charge in [0.25, 0.3) is 0 Å². The number of halogens is 1. The lowest BCUT2D eigenvalue weighted by atomic mass is 9.88. The molecule has 0 aliphatic carbocycles. The van der Waals surface area contributed by atoms with Crippen molar-refractivity contribution in [3.05, 3.63) is 58.2 Å². The van der Waals surface area contributed by atoms with Crippen LogP contribution in [0.3, 0.4) is 0 Å². The Kier molecular flexibility index (Phi) is 4.92. The van der Waals surface area contributed by atoms with Crippen LogP contribution in [0.2, 0.25) is 0 Å². The van der Waals surface area contributed by atoms with E-state index in [0.717, 1.165) is 11.3 Å². The standard InChI is InChI=1S/C19H22FNO3/c1-12-16(18(23)24)15(11-22)17(19(2,3)4)21(12)10-9-13-5-7-14(20)8-6-13/h5-8,11H,9-10H2,1-4H3,(H,23,24). The van der Waals surface area contributed by atoms with E-state index in [1.165, 1.54) is 12.1 Å². The van der Waals surface area contributed by atoms with Gasteiger partial charge in [0.1, 0.15) is 5.82 Å². The molecule has 0 fully saturated rings. The fraction of sp³-hybridized carbons (Fsp3) is 0.368. The first-order valence-corrected chi connectivity index (χ1v) is 7.83. The van der Waals surface area contributed by atoms with E-state index in [1.54, 1.807) is 19.1 Å². The van der Waals surface area contributed by atoms with Crippen LogP contribution < -0.4 is 0 Å². The van der Waals surface area contributed by atoms with Crippen molar-refractivity contribution in [3.8, 4) is 0 Å². The molecule has 0 bridgehead atoms. The first kappa shape index (κ1) is 17.9. The van der Waals surface area contributed by atoms with Gasteiger partial charge < -0.3 is 9.67 Å². The van der Waals surface area contributed by atoms with Gasteiger partial charge in [0.05, 0.1) is 11.1 Å². The molecular weight excluding hydrogens is 309 g/mol. The number of carbonyl (C=O) groups excluding carboxylic acids is 1. The lowest BCUT2D eigenvalue weighted by molar-refractivity contribution is 0.0693. The van der Waals surface area contributed by atoms with Crippen LogP contribution in [0.15, 0.2) is 24.3 Å². The molecule has 0 aliphatic heterocycles. The van der Waals surface area contributed by atoms with Crippen LogP contribution in [0.5, 0.6) is 0 Å². The number of rotatable bonds is 5. The van der Waals surface area contributed by atoms with E-state index in [4.69, 9.17) is 0 Å². The number of carboxylic acids is 1. The predicted molar refractivity (Wildman–Crippen MR) is 90.3 cm³/mol. The minimum absolute atomic E-state index is 0.0639. The third-order valence-corrected chi connectivity index (χ3v) is 4.14. The van der Waals surface area contributed by atoms with Crippen molar-refractivity contribution in [2.24, 2.45) is 0 Å². The largest absolute Gasteiger partial charge is 0.478 e. The second kappa shape index (κ2) is 6.59. The number of hydrogen-bond donors (Lipinski definition) is 1. The molecule has 1 aromatic carbocycles. The number of aromatic nitrogens is 1. The smallest absolute Gasteiger partial charge is 0.338 e. The van der Waals surface area contributed by atoms with E-state index in [1.807, 2.05) is 25.3 Å². The lowest BCUT2D eigenvalue weighted by Gasteiger charge is -2.23. The van der Waals surface area contributed by atoms with Crippen molar-refractivity contribution >= 4 is 12.3 Å². The van der Waals surface area contributed by atoms with E-state index in [9.17, 15) is 19.1 Å². The fourth-order valence-electron chi connectivity index (χ4n) is 3.13. The average Bonchev–Trinajstić information content (AvgIpc) is 2.79. The van der Waals surface area contributed by atoms with E-state index in [2.05, 4.69) is 0 Å². The highest BCUT2D eigenvalue weighted by Gasteiger charge is 2.30. The summed E-state index contributed by atoms with van der Waals surface area (Å²) in [5, 5.41) is 9.48. The molecule has 5 heteroatoms. The van der Waals surface area contributed by atoms with Gasteiger partial charge in [-0.25, -0.2) is 9.18 Å². The van der Waals surface area contributed by atoms with Gasteiger partial charge in [-0.1, -0.05) is 32.9 Å². The highest BCUT2D eigenvalue weighted by atomic mass is 19.1. The third-order valence-electron chi connectivity index (χ3n) is 4.14. The summed E-state index contributed by atoms with van der Waals surface area (Å²) in [6, 6.07) is 6.23. The second-order valence-corrected chi connectivity index (χ2v) is 6.92. The molecule has 1 heterocycles. The van der Waals surface area contributed by atoms with Crippen molar-refractivity contribution in [1.82, 2.24) is 4.57 Å². The van der Waals surface area contributed by atoms with Crippen LogP contribution in [0.4, 0.5) is 4.39 Å². The first-order chi connectivity index (χ1) is 11.2. The van der Waals surface area contributed by atoms with E-state index in [0.29, 0.717) is 24.9 Å². The van der Waals surface area contributed by atoms with E-state index >= 15 is 0 Å². The zero-order valence-corrected chi connectivity index (χ0v) is 14.4. The van der Waals surface area contributed by atoms with Crippen molar-refractivity contribution < 1.29 is 19.1 Å². The summed E-state index contributed by atoms with van der Waals surface area (Å²) in [4.78, 5) is 23.2. The summed E-state index contributed by atoms with van der Waals surface area (Å²) in [6.07, 6.45) is 1.25. The molecule has 0 atom stereocenters. The molecule has 1 aromatic heterocycles. The maximum absolute atomic E-state index is 13.0. The van der Waals surface area contributed by atoms with Gasteiger partial charge in [0.15, 0.2) is 6.29 Å². The molecule has 0 radical (unpaired) electrons. The Morgan fingerprint density at radius 1 is 1.25 bits per heavy atom. The number of benzene rings is 1. The van der Waals surface area contributed by atoms with Gasteiger partial charge in [-0.3, -0.25) is 4.79 Å². The summed E-state index contributed by atoms with van der Waals surface area (Å²) >= 11 is 0. The summed E-state index contributed by atoms with van der Waals surface area (Å²) in [5.74, 6) is -1.39. The van der Waals surface area contributed by atoms with Gasteiger partial charge in [-0.2, -0.15) is 0 Å². The Morgan fingerprint density at radius 3 is 2.29 bits per heavy atom. The lowest BCUT2D eigenvalue weighted by Crippen LogP contribution is -2.21. The molecule has 2 rings (SSSR count). The molecule has 0 aliphatic rings. The zero-order valence-electron chi connectivity index (χ0n) is 14.4. The summed E-state index contributed by atoms with van der Waals surface area (Å²) in [6.45, 7) is 8.10. The number of aryl methyl sites for hydroxylation is 1. The van der Waals surface area contributed by atoms with Crippen LogP contribution in [-0.2, 0) is 18.4 Å². The van der Waals surface area contributed by atoms with Crippen LogP contribution in [0.25, 0.3) is 0 Å². The number of aldehydes is 1.